The first-order chi connectivity index (χ1) is 11.4. The summed E-state index contributed by atoms with van der Waals surface area (Å²) in [5.41, 5.74) is 4.21. The van der Waals surface area contributed by atoms with Crippen molar-refractivity contribution in [3.05, 3.63) is 65.2 Å². The van der Waals surface area contributed by atoms with Crippen molar-refractivity contribution in [2.45, 2.75) is 6.42 Å². The van der Waals surface area contributed by atoms with Gasteiger partial charge >= 0.3 is 0 Å². The molecule has 114 valence electrons. The molecule has 0 unspecified atom stereocenters. The number of imidazole rings is 1. The van der Waals surface area contributed by atoms with Gasteiger partial charge in [-0.05, 0) is 41.6 Å². The van der Waals surface area contributed by atoms with Gasteiger partial charge in [-0.1, -0.05) is 6.07 Å². The van der Waals surface area contributed by atoms with E-state index < -0.39 is 0 Å². The summed E-state index contributed by atoms with van der Waals surface area (Å²) in [6.07, 6.45) is 6.46. The molecule has 4 heterocycles. The van der Waals surface area contributed by atoms with Gasteiger partial charge in [0.1, 0.15) is 5.82 Å². The van der Waals surface area contributed by atoms with Crippen LogP contribution in [0.4, 0.5) is 5.82 Å². The van der Waals surface area contributed by atoms with Gasteiger partial charge in [-0.2, -0.15) is 11.3 Å². The van der Waals surface area contributed by atoms with E-state index >= 15 is 0 Å². The van der Waals surface area contributed by atoms with Crippen LogP contribution in [-0.2, 0) is 6.42 Å². The Morgan fingerprint density at radius 2 is 2.13 bits per heavy atom. The number of rotatable bonds is 5. The lowest BCUT2D eigenvalue weighted by atomic mass is 10.2. The van der Waals surface area contributed by atoms with Crippen LogP contribution in [0.15, 0.2) is 59.7 Å². The lowest BCUT2D eigenvalue weighted by Crippen LogP contribution is -2.08. The minimum absolute atomic E-state index is 0.812. The minimum Gasteiger partial charge on any atom is -0.368 e. The molecule has 0 aliphatic rings. The molecule has 0 aromatic carbocycles. The number of fused-ring (bicyclic) bond motifs is 1. The average molecular weight is 321 g/mol. The lowest BCUT2D eigenvalue weighted by Gasteiger charge is -2.06. The smallest absolute Gasteiger partial charge is 0.154 e. The molecule has 0 saturated carbocycles. The van der Waals surface area contributed by atoms with Gasteiger partial charge in [-0.15, -0.1) is 5.10 Å². The van der Waals surface area contributed by atoms with Crippen LogP contribution in [0.5, 0.6) is 0 Å². The van der Waals surface area contributed by atoms with E-state index in [2.05, 4.69) is 43.3 Å². The van der Waals surface area contributed by atoms with Crippen LogP contribution in [0.3, 0.4) is 0 Å². The fourth-order valence-corrected chi connectivity index (χ4v) is 3.11. The molecule has 6 heteroatoms. The third-order valence-electron chi connectivity index (χ3n) is 3.62. The van der Waals surface area contributed by atoms with E-state index in [-0.39, 0.29) is 0 Å². The normalized spacial score (nSPS) is 11.0. The van der Waals surface area contributed by atoms with Crippen molar-refractivity contribution in [1.29, 1.82) is 0 Å². The highest BCUT2D eigenvalue weighted by Gasteiger charge is 2.08. The zero-order chi connectivity index (χ0) is 15.5. The molecule has 4 aromatic rings. The second-order valence-electron chi connectivity index (χ2n) is 5.18. The topological polar surface area (TPSA) is 55.1 Å². The Hall–Kier alpha value is -2.73. The first-order valence-electron chi connectivity index (χ1n) is 7.40. The Morgan fingerprint density at radius 1 is 1.13 bits per heavy atom. The van der Waals surface area contributed by atoms with Gasteiger partial charge in [0.15, 0.2) is 5.65 Å². The van der Waals surface area contributed by atoms with Crippen LogP contribution >= 0.6 is 11.3 Å². The number of hydrogen-bond donors (Lipinski definition) is 1. The summed E-state index contributed by atoms with van der Waals surface area (Å²) in [5.74, 6) is 0.843. The van der Waals surface area contributed by atoms with Crippen LogP contribution in [0.1, 0.15) is 5.56 Å². The molecule has 23 heavy (non-hydrogen) atoms. The third kappa shape index (κ3) is 2.93. The first kappa shape index (κ1) is 13.9. The Balaban J connectivity index is 1.53. The highest BCUT2D eigenvalue weighted by atomic mass is 32.1. The number of nitrogens with one attached hydrogen (secondary N) is 1. The Bertz CT molecular complexity index is 899. The number of thiophene rings is 1. The molecule has 1 N–H and O–H groups in total. The fourth-order valence-electron chi connectivity index (χ4n) is 2.46. The van der Waals surface area contributed by atoms with E-state index in [9.17, 15) is 0 Å². The second kappa shape index (κ2) is 6.18. The fraction of sp³-hybridized carbons (Fsp3) is 0.118. The predicted molar refractivity (Wildman–Crippen MR) is 92.7 cm³/mol. The lowest BCUT2D eigenvalue weighted by molar-refractivity contribution is 0.918. The molecule has 0 bridgehead atoms. The van der Waals surface area contributed by atoms with Crippen LogP contribution in [0.2, 0.25) is 0 Å². The van der Waals surface area contributed by atoms with Gasteiger partial charge in [-0.3, -0.25) is 4.98 Å². The van der Waals surface area contributed by atoms with Crippen molar-refractivity contribution < 1.29 is 0 Å². The van der Waals surface area contributed by atoms with Crippen molar-refractivity contribution in [3.63, 3.8) is 0 Å². The number of hydrogen-bond acceptors (Lipinski definition) is 5. The summed E-state index contributed by atoms with van der Waals surface area (Å²) in [7, 11) is 0. The van der Waals surface area contributed by atoms with Crippen molar-refractivity contribution in [2.24, 2.45) is 0 Å². The molecule has 0 amide bonds. The zero-order valence-electron chi connectivity index (χ0n) is 12.4. The standard InChI is InChI=1S/C17H15N5S/c1-2-13(10-18-7-1)5-8-19-16-3-4-17-20-11-15(22(17)21-16)14-6-9-23-12-14/h1-4,6-7,9-12H,5,8H2,(H,19,21). The van der Waals surface area contributed by atoms with Crippen molar-refractivity contribution in [3.8, 4) is 11.3 Å². The average Bonchev–Trinajstić information content (AvgIpc) is 3.24. The molecule has 5 nitrogen and oxygen atoms in total. The van der Waals surface area contributed by atoms with E-state index in [1.54, 1.807) is 17.5 Å². The van der Waals surface area contributed by atoms with E-state index in [4.69, 9.17) is 0 Å². The van der Waals surface area contributed by atoms with Crippen LogP contribution in [-0.4, -0.2) is 26.1 Å². The second-order valence-corrected chi connectivity index (χ2v) is 5.96. The molecular weight excluding hydrogens is 306 g/mol. The van der Waals surface area contributed by atoms with Gasteiger partial charge in [0, 0.05) is 29.9 Å². The largest absolute Gasteiger partial charge is 0.368 e. The van der Waals surface area contributed by atoms with Crippen molar-refractivity contribution in [2.75, 3.05) is 11.9 Å². The Labute approximate surface area is 137 Å². The Kier molecular flexibility index (Phi) is 3.73. The zero-order valence-corrected chi connectivity index (χ0v) is 13.2. The molecule has 0 saturated heterocycles. The SMILES string of the molecule is c1cncc(CCNc2ccc3ncc(-c4ccsc4)n3n2)c1. The first-order valence-corrected chi connectivity index (χ1v) is 8.34. The molecule has 0 fully saturated rings. The van der Waals surface area contributed by atoms with Gasteiger partial charge in [-0.25, -0.2) is 9.50 Å². The third-order valence-corrected chi connectivity index (χ3v) is 4.31. The van der Waals surface area contributed by atoms with Crippen molar-refractivity contribution >= 4 is 22.8 Å². The number of aromatic nitrogens is 4. The van der Waals surface area contributed by atoms with E-state index in [1.165, 1.54) is 5.56 Å². The highest BCUT2D eigenvalue weighted by molar-refractivity contribution is 7.08. The number of nitrogens with zero attached hydrogens (tertiary/aromatic N) is 4. The highest BCUT2D eigenvalue weighted by Crippen LogP contribution is 2.23. The molecular formula is C17H15N5S. The summed E-state index contributed by atoms with van der Waals surface area (Å²) in [5, 5.41) is 12.2. The molecule has 0 aliphatic heterocycles. The molecule has 4 rings (SSSR count). The molecule has 0 spiro atoms. The minimum atomic E-state index is 0.812. The summed E-state index contributed by atoms with van der Waals surface area (Å²) in [6.45, 7) is 0.812. The quantitative estimate of drug-likeness (QED) is 0.611. The molecule has 0 atom stereocenters. The van der Waals surface area contributed by atoms with E-state index in [0.717, 1.165) is 35.7 Å². The summed E-state index contributed by atoms with van der Waals surface area (Å²) in [6, 6.07) is 10.1. The maximum atomic E-state index is 4.65. The molecule has 4 aromatic heterocycles. The summed E-state index contributed by atoms with van der Waals surface area (Å²) in [4.78, 5) is 8.54. The number of pyridine rings is 1. The van der Waals surface area contributed by atoms with E-state index in [1.807, 2.05) is 35.1 Å². The van der Waals surface area contributed by atoms with Gasteiger partial charge in [0.05, 0.1) is 11.9 Å². The summed E-state index contributed by atoms with van der Waals surface area (Å²) >= 11 is 1.67. The Morgan fingerprint density at radius 3 is 2.96 bits per heavy atom. The van der Waals surface area contributed by atoms with Crippen LogP contribution < -0.4 is 5.32 Å². The molecule has 0 radical (unpaired) electrons. The van der Waals surface area contributed by atoms with E-state index in [0.29, 0.717) is 0 Å². The maximum Gasteiger partial charge on any atom is 0.154 e. The van der Waals surface area contributed by atoms with Gasteiger partial charge in [0.2, 0.25) is 0 Å². The monoisotopic (exact) mass is 321 g/mol. The van der Waals surface area contributed by atoms with Gasteiger partial charge < -0.3 is 5.32 Å². The maximum absolute atomic E-state index is 4.65. The number of anilines is 1. The predicted octanol–water partition coefficient (Wildman–Crippen LogP) is 3.51. The summed E-state index contributed by atoms with van der Waals surface area (Å²) < 4.78 is 1.88. The van der Waals surface area contributed by atoms with Crippen LogP contribution in [0.25, 0.3) is 16.9 Å². The molecule has 0 aliphatic carbocycles. The van der Waals surface area contributed by atoms with Crippen LogP contribution in [0, 0.1) is 0 Å². The van der Waals surface area contributed by atoms with Crippen molar-refractivity contribution in [1.82, 2.24) is 19.6 Å². The van der Waals surface area contributed by atoms with Gasteiger partial charge in [0.25, 0.3) is 0 Å².